The first-order valence-electron chi connectivity index (χ1n) is 7.37. The minimum absolute atomic E-state index is 0.128. The molecule has 1 fully saturated rings. The van der Waals surface area contributed by atoms with Crippen LogP contribution in [-0.2, 0) is 9.53 Å². The summed E-state index contributed by atoms with van der Waals surface area (Å²) in [5.74, 6) is 0.0849. The van der Waals surface area contributed by atoms with E-state index in [1.165, 1.54) is 11.3 Å². The van der Waals surface area contributed by atoms with Gasteiger partial charge in [-0.15, -0.1) is 0 Å². The van der Waals surface area contributed by atoms with Crippen molar-refractivity contribution >= 4 is 11.7 Å². The van der Waals surface area contributed by atoms with Gasteiger partial charge in [-0.05, 0) is 30.4 Å². The molecule has 0 aromatic heterocycles. The molecule has 0 spiro atoms. The molecule has 108 valence electrons. The first-order valence-corrected chi connectivity index (χ1v) is 7.37. The normalized spacial score (nSPS) is 22.8. The van der Waals surface area contributed by atoms with Crippen molar-refractivity contribution in [3.05, 3.63) is 29.8 Å². The molecule has 1 N–H and O–H groups in total. The van der Waals surface area contributed by atoms with Gasteiger partial charge in [0.2, 0.25) is 0 Å². The van der Waals surface area contributed by atoms with Crippen LogP contribution in [0.2, 0.25) is 0 Å². The van der Waals surface area contributed by atoms with Gasteiger partial charge in [0.1, 0.15) is 0 Å². The maximum Gasteiger partial charge on any atom is 0.304 e. The molecule has 1 saturated heterocycles. The summed E-state index contributed by atoms with van der Waals surface area (Å²) in [6, 6.07) is 8.24. The van der Waals surface area contributed by atoms with Crippen LogP contribution >= 0.6 is 0 Å². The van der Waals surface area contributed by atoms with Crippen molar-refractivity contribution in [1.82, 2.24) is 0 Å². The summed E-state index contributed by atoms with van der Waals surface area (Å²) < 4.78 is 5.41. The molecule has 1 aromatic rings. The molecule has 3 rings (SSSR count). The van der Waals surface area contributed by atoms with Crippen LogP contribution < -0.4 is 4.90 Å². The topological polar surface area (TPSA) is 49.8 Å². The molecular weight excluding hydrogens is 254 g/mol. The van der Waals surface area contributed by atoms with E-state index >= 15 is 0 Å². The number of carboxylic acid groups (broad SMARTS) is 1. The molecule has 2 aliphatic rings. The van der Waals surface area contributed by atoms with Gasteiger partial charge in [-0.25, -0.2) is 0 Å². The van der Waals surface area contributed by atoms with E-state index in [-0.39, 0.29) is 12.3 Å². The van der Waals surface area contributed by atoms with Crippen LogP contribution in [0.15, 0.2) is 24.3 Å². The van der Waals surface area contributed by atoms with Crippen molar-refractivity contribution in [2.45, 2.75) is 25.2 Å². The highest BCUT2D eigenvalue weighted by molar-refractivity contribution is 5.71. The first kappa shape index (κ1) is 13.4. The Morgan fingerprint density at radius 1 is 1.30 bits per heavy atom. The lowest BCUT2D eigenvalue weighted by Crippen LogP contribution is -2.32. The first-order chi connectivity index (χ1) is 9.74. The van der Waals surface area contributed by atoms with Crippen molar-refractivity contribution in [2.75, 3.05) is 31.2 Å². The molecule has 20 heavy (non-hydrogen) atoms. The van der Waals surface area contributed by atoms with Crippen LogP contribution in [0.4, 0.5) is 5.69 Å². The number of nitrogens with zero attached hydrogens (tertiary/aromatic N) is 1. The molecule has 1 unspecified atom stereocenters. The summed E-state index contributed by atoms with van der Waals surface area (Å²) in [6.45, 7) is 3.58. The van der Waals surface area contributed by atoms with E-state index in [9.17, 15) is 4.79 Å². The van der Waals surface area contributed by atoms with Gasteiger partial charge in [0.25, 0.3) is 0 Å². The minimum atomic E-state index is -0.710. The summed E-state index contributed by atoms with van der Waals surface area (Å²) in [4.78, 5) is 13.4. The number of fused-ring (bicyclic) bond motifs is 1. The fourth-order valence-electron chi connectivity index (χ4n) is 3.38. The predicted molar refractivity (Wildman–Crippen MR) is 77.2 cm³/mol. The van der Waals surface area contributed by atoms with Gasteiger partial charge in [-0.1, -0.05) is 18.2 Å². The maximum atomic E-state index is 11.0. The number of anilines is 1. The van der Waals surface area contributed by atoms with E-state index in [2.05, 4.69) is 17.0 Å². The molecule has 2 aliphatic heterocycles. The smallest absolute Gasteiger partial charge is 0.304 e. The van der Waals surface area contributed by atoms with Crippen LogP contribution in [0.25, 0.3) is 0 Å². The Hall–Kier alpha value is -1.55. The zero-order valence-corrected chi connectivity index (χ0v) is 11.6. The van der Waals surface area contributed by atoms with Gasteiger partial charge < -0.3 is 14.7 Å². The second-order valence-corrected chi connectivity index (χ2v) is 5.81. The quantitative estimate of drug-likeness (QED) is 0.917. The molecule has 0 radical (unpaired) electrons. The highest BCUT2D eigenvalue weighted by atomic mass is 16.5. The second kappa shape index (κ2) is 5.83. The Kier molecular flexibility index (Phi) is 3.92. The van der Waals surface area contributed by atoms with Crippen molar-refractivity contribution in [2.24, 2.45) is 5.92 Å². The lowest BCUT2D eigenvalue weighted by Gasteiger charge is -2.28. The maximum absolute atomic E-state index is 11.0. The van der Waals surface area contributed by atoms with Gasteiger partial charge in [0.15, 0.2) is 0 Å². The molecule has 2 heterocycles. The average Bonchev–Trinajstić information content (AvgIpc) is 2.78. The summed E-state index contributed by atoms with van der Waals surface area (Å²) in [5, 5.41) is 9.07. The Bertz CT molecular complexity index is 482. The summed E-state index contributed by atoms with van der Waals surface area (Å²) in [5.41, 5.74) is 2.42. The number of carboxylic acids is 1. The van der Waals surface area contributed by atoms with Crippen molar-refractivity contribution in [3.63, 3.8) is 0 Å². The third-order valence-electron chi connectivity index (χ3n) is 4.40. The third-order valence-corrected chi connectivity index (χ3v) is 4.40. The third kappa shape index (κ3) is 2.80. The molecule has 1 aromatic carbocycles. The average molecular weight is 275 g/mol. The highest BCUT2D eigenvalue weighted by Gasteiger charge is 2.31. The fraction of sp³-hybridized carbons (Fsp3) is 0.562. The number of hydrogen-bond acceptors (Lipinski definition) is 3. The zero-order valence-electron chi connectivity index (χ0n) is 11.6. The van der Waals surface area contributed by atoms with Crippen molar-refractivity contribution in [1.29, 1.82) is 0 Å². The van der Waals surface area contributed by atoms with Gasteiger partial charge in [-0.3, -0.25) is 4.79 Å². The van der Waals surface area contributed by atoms with Crippen LogP contribution in [0.5, 0.6) is 0 Å². The van der Waals surface area contributed by atoms with Crippen LogP contribution in [-0.4, -0.2) is 37.4 Å². The Labute approximate surface area is 119 Å². The molecule has 0 bridgehead atoms. The largest absolute Gasteiger partial charge is 0.481 e. The lowest BCUT2D eigenvalue weighted by molar-refractivity contribution is -0.137. The SMILES string of the molecule is O=C(O)CC1CN(CC2CCOCC2)c2ccccc21. The number of rotatable bonds is 4. The van der Waals surface area contributed by atoms with Gasteiger partial charge >= 0.3 is 5.97 Å². The molecule has 0 amide bonds. The second-order valence-electron chi connectivity index (χ2n) is 5.81. The van der Waals surface area contributed by atoms with E-state index in [1.54, 1.807) is 0 Å². The lowest BCUT2D eigenvalue weighted by atomic mass is 9.98. The van der Waals surface area contributed by atoms with E-state index in [1.807, 2.05) is 12.1 Å². The van der Waals surface area contributed by atoms with Crippen molar-refractivity contribution in [3.8, 4) is 0 Å². The highest BCUT2D eigenvalue weighted by Crippen LogP contribution is 2.38. The monoisotopic (exact) mass is 275 g/mol. The molecule has 1 atom stereocenters. The fourth-order valence-corrected chi connectivity index (χ4v) is 3.38. The zero-order chi connectivity index (χ0) is 13.9. The number of hydrogen-bond donors (Lipinski definition) is 1. The molecular formula is C16H21NO3. The minimum Gasteiger partial charge on any atom is -0.481 e. The number of para-hydroxylation sites is 1. The Balaban J connectivity index is 1.74. The van der Waals surface area contributed by atoms with Gasteiger partial charge in [-0.2, -0.15) is 0 Å². The number of ether oxygens (including phenoxy) is 1. The molecule has 0 saturated carbocycles. The van der Waals surface area contributed by atoms with Crippen LogP contribution in [0, 0.1) is 5.92 Å². The van der Waals surface area contributed by atoms with Gasteiger partial charge in [0.05, 0.1) is 6.42 Å². The van der Waals surface area contributed by atoms with E-state index in [0.29, 0.717) is 5.92 Å². The van der Waals surface area contributed by atoms with Crippen LogP contribution in [0.3, 0.4) is 0 Å². The van der Waals surface area contributed by atoms with E-state index in [4.69, 9.17) is 9.84 Å². The van der Waals surface area contributed by atoms with Crippen molar-refractivity contribution < 1.29 is 14.6 Å². The molecule has 0 aliphatic carbocycles. The van der Waals surface area contributed by atoms with E-state index in [0.717, 1.165) is 39.1 Å². The Morgan fingerprint density at radius 2 is 2.05 bits per heavy atom. The van der Waals surface area contributed by atoms with Crippen LogP contribution in [0.1, 0.15) is 30.7 Å². The summed E-state index contributed by atoms with van der Waals surface area (Å²) >= 11 is 0. The summed E-state index contributed by atoms with van der Waals surface area (Å²) in [6.07, 6.45) is 2.45. The summed E-state index contributed by atoms with van der Waals surface area (Å²) in [7, 11) is 0. The molecule has 4 nitrogen and oxygen atoms in total. The number of carbonyl (C=O) groups is 1. The predicted octanol–water partition coefficient (Wildman–Crippen LogP) is 2.49. The number of benzene rings is 1. The Morgan fingerprint density at radius 3 is 2.80 bits per heavy atom. The standard InChI is InChI=1S/C16H21NO3/c18-16(19)9-13-11-17(10-12-5-7-20-8-6-12)15-4-2-1-3-14(13)15/h1-4,12-13H,5-11H2,(H,18,19). The van der Waals surface area contributed by atoms with Gasteiger partial charge in [0, 0.05) is 37.9 Å². The van der Waals surface area contributed by atoms with E-state index < -0.39 is 5.97 Å². The number of aliphatic carboxylic acids is 1. The molecule has 4 heteroatoms.